The topological polar surface area (TPSA) is 69.3 Å². The van der Waals surface area contributed by atoms with Crippen molar-refractivity contribution >= 4 is 6.09 Å². The van der Waals surface area contributed by atoms with Crippen molar-refractivity contribution in [3.63, 3.8) is 0 Å². The maximum Gasteiger partial charge on any atom is 0.407 e. The second-order valence-corrected chi connectivity index (χ2v) is 10.3. The molecule has 182 valence electrons. The van der Waals surface area contributed by atoms with Crippen molar-refractivity contribution in [2.75, 3.05) is 40.5 Å². The first-order chi connectivity index (χ1) is 16.4. The van der Waals surface area contributed by atoms with Gasteiger partial charge in [-0.25, -0.2) is 4.79 Å². The molecule has 0 aliphatic carbocycles. The molecule has 4 aliphatic heterocycles. The first-order valence-corrected chi connectivity index (χ1v) is 12.1. The molecule has 7 heteroatoms. The van der Waals surface area contributed by atoms with Crippen LogP contribution in [0.15, 0.2) is 36.4 Å². The Bertz CT molecular complexity index is 1040. The van der Waals surface area contributed by atoms with E-state index in [9.17, 15) is 4.79 Å². The number of hydrogen-bond acceptors (Lipinski definition) is 6. The molecule has 3 saturated heterocycles. The number of fused-ring (bicyclic) bond motifs is 4. The highest BCUT2D eigenvalue weighted by atomic mass is 16.6. The lowest BCUT2D eigenvalue weighted by Crippen LogP contribution is -2.53. The van der Waals surface area contributed by atoms with Gasteiger partial charge in [0.05, 0.1) is 26.9 Å². The van der Waals surface area contributed by atoms with Crippen LogP contribution >= 0.6 is 0 Å². The van der Waals surface area contributed by atoms with Gasteiger partial charge in [-0.15, -0.1) is 0 Å². The van der Waals surface area contributed by atoms with E-state index in [1.165, 1.54) is 0 Å². The molecule has 34 heavy (non-hydrogen) atoms. The maximum atomic E-state index is 13.0. The molecule has 6 rings (SSSR count). The van der Waals surface area contributed by atoms with E-state index in [0.717, 1.165) is 66.4 Å². The Morgan fingerprint density at radius 2 is 1.82 bits per heavy atom. The van der Waals surface area contributed by atoms with E-state index in [-0.39, 0.29) is 23.7 Å². The zero-order valence-electron chi connectivity index (χ0n) is 20.4. The number of alkyl carbamates (subject to hydrolysis) is 1. The molecule has 0 saturated carbocycles. The first-order valence-electron chi connectivity index (χ1n) is 12.1. The Kier molecular flexibility index (Phi) is 6.06. The summed E-state index contributed by atoms with van der Waals surface area (Å²) in [6, 6.07) is 11.6. The second-order valence-electron chi connectivity index (χ2n) is 10.3. The van der Waals surface area contributed by atoms with Crippen LogP contribution in [0.25, 0.3) is 11.1 Å². The Morgan fingerprint density at radius 1 is 1.09 bits per heavy atom. The van der Waals surface area contributed by atoms with Gasteiger partial charge in [0.1, 0.15) is 23.4 Å². The fraction of sp³-hybridized carbons (Fsp3) is 0.519. The zero-order valence-corrected chi connectivity index (χ0v) is 20.4. The summed E-state index contributed by atoms with van der Waals surface area (Å²) in [4.78, 5) is 15.4. The van der Waals surface area contributed by atoms with Crippen LogP contribution in [-0.2, 0) is 4.74 Å². The number of carbonyl (C=O) groups excluding carboxylic acids is 1. The molecule has 7 nitrogen and oxygen atoms in total. The summed E-state index contributed by atoms with van der Waals surface area (Å²) in [5.41, 5.74) is 2.52. The molecule has 2 atom stereocenters. The SMILES string of the molecule is COc1ccc(-c2cc3c(cc2OC)C(NC(=O)O[C@H]2CN4CCC2CC4)C(C)(C)CO3)cc1. The molecule has 3 fully saturated rings. The maximum absolute atomic E-state index is 13.0. The van der Waals surface area contributed by atoms with Crippen LogP contribution in [0, 0.1) is 11.3 Å². The van der Waals surface area contributed by atoms with Crippen molar-refractivity contribution in [2.45, 2.75) is 38.8 Å². The summed E-state index contributed by atoms with van der Waals surface area (Å²) in [5.74, 6) is 2.74. The number of piperidine rings is 3. The van der Waals surface area contributed by atoms with E-state index >= 15 is 0 Å². The number of carbonyl (C=O) groups is 1. The average molecular weight is 467 g/mol. The van der Waals surface area contributed by atoms with Crippen LogP contribution in [-0.4, -0.2) is 57.6 Å². The van der Waals surface area contributed by atoms with Gasteiger partial charge in [0, 0.05) is 23.1 Å². The minimum Gasteiger partial charge on any atom is -0.497 e. The lowest BCUT2D eigenvalue weighted by Gasteiger charge is -2.44. The average Bonchev–Trinajstić information content (AvgIpc) is 2.86. The van der Waals surface area contributed by atoms with Gasteiger partial charge >= 0.3 is 6.09 Å². The van der Waals surface area contributed by atoms with E-state index in [1.54, 1.807) is 14.2 Å². The fourth-order valence-electron chi connectivity index (χ4n) is 5.47. The van der Waals surface area contributed by atoms with Crippen molar-refractivity contribution in [1.82, 2.24) is 10.2 Å². The van der Waals surface area contributed by atoms with Gasteiger partial charge in [0.25, 0.3) is 0 Å². The number of benzene rings is 2. The number of rotatable bonds is 5. The highest BCUT2D eigenvalue weighted by Gasteiger charge is 2.41. The van der Waals surface area contributed by atoms with Crippen LogP contribution < -0.4 is 19.5 Å². The molecule has 0 spiro atoms. The molecule has 0 aromatic heterocycles. The predicted octanol–water partition coefficient (Wildman–Crippen LogP) is 4.65. The Balaban J connectivity index is 1.40. The molecule has 1 N–H and O–H groups in total. The molecule has 0 radical (unpaired) electrons. The number of amides is 1. The first kappa shape index (κ1) is 22.8. The highest BCUT2D eigenvalue weighted by molar-refractivity contribution is 5.75. The summed E-state index contributed by atoms with van der Waals surface area (Å²) >= 11 is 0. The predicted molar refractivity (Wildman–Crippen MR) is 130 cm³/mol. The van der Waals surface area contributed by atoms with Crippen LogP contribution in [0.2, 0.25) is 0 Å². The lowest BCUT2D eigenvalue weighted by atomic mass is 9.78. The summed E-state index contributed by atoms with van der Waals surface area (Å²) in [7, 11) is 3.31. The third kappa shape index (κ3) is 4.29. The van der Waals surface area contributed by atoms with E-state index in [0.29, 0.717) is 12.5 Å². The summed E-state index contributed by atoms with van der Waals surface area (Å²) in [6.45, 7) is 7.74. The summed E-state index contributed by atoms with van der Waals surface area (Å²) in [6.07, 6.45) is 1.82. The van der Waals surface area contributed by atoms with E-state index < -0.39 is 0 Å². The third-order valence-electron chi connectivity index (χ3n) is 7.54. The number of ether oxygens (including phenoxy) is 4. The fourth-order valence-corrected chi connectivity index (χ4v) is 5.47. The van der Waals surface area contributed by atoms with Crippen molar-refractivity contribution in [3.05, 3.63) is 42.0 Å². The third-order valence-corrected chi connectivity index (χ3v) is 7.54. The van der Waals surface area contributed by atoms with Crippen molar-refractivity contribution in [1.29, 1.82) is 0 Å². The summed E-state index contributed by atoms with van der Waals surface area (Å²) < 4.78 is 23.1. The largest absolute Gasteiger partial charge is 0.497 e. The quantitative estimate of drug-likeness (QED) is 0.692. The Morgan fingerprint density at radius 3 is 2.44 bits per heavy atom. The van der Waals surface area contributed by atoms with Crippen LogP contribution in [0.1, 0.15) is 38.3 Å². The van der Waals surface area contributed by atoms with Crippen LogP contribution in [0.3, 0.4) is 0 Å². The molecule has 2 aromatic rings. The van der Waals surface area contributed by atoms with Gasteiger partial charge in [-0.2, -0.15) is 0 Å². The molecular weight excluding hydrogens is 432 g/mol. The van der Waals surface area contributed by atoms with Gasteiger partial charge in [0.2, 0.25) is 0 Å². The van der Waals surface area contributed by atoms with Gasteiger partial charge in [-0.1, -0.05) is 26.0 Å². The van der Waals surface area contributed by atoms with E-state index in [4.69, 9.17) is 18.9 Å². The molecule has 4 aliphatic rings. The van der Waals surface area contributed by atoms with E-state index in [1.807, 2.05) is 36.4 Å². The molecular formula is C27H34N2O5. The van der Waals surface area contributed by atoms with Crippen LogP contribution in [0.4, 0.5) is 4.79 Å². The van der Waals surface area contributed by atoms with Crippen molar-refractivity contribution in [3.8, 4) is 28.4 Å². The Labute approximate surface area is 201 Å². The van der Waals surface area contributed by atoms with Gasteiger partial charge < -0.3 is 24.3 Å². The standard InChI is InChI=1S/C27H34N2O5/c1-27(2)16-33-23-13-20(17-5-7-19(31-3)8-6-17)22(32-4)14-21(23)25(27)28-26(30)34-24-15-29-11-9-18(24)10-12-29/h5-8,13-14,18,24-25H,9-12,15-16H2,1-4H3,(H,28,30)/t24-,25?/m0/s1. The van der Waals surface area contributed by atoms with E-state index in [2.05, 4.69) is 24.1 Å². The normalized spacial score (nSPS) is 26.7. The zero-order chi connectivity index (χ0) is 23.9. The highest BCUT2D eigenvalue weighted by Crippen LogP contribution is 2.47. The minimum atomic E-state index is -0.358. The van der Waals surface area contributed by atoms with Gasteiger partial charge in [-0.3, -0.25) is 4.90 Å². The van der Waals surface area contributed by atoms with Crippen molar-refractivity contribution in [2.24, 2.45) is 11.3 Å². The number of nitrogens with zero attached hydrogens (tertiary/aromatic N) is 1. The lowest BCUT2D eigenvalue weighted by molar-refractivity contribution is -0.0361. The van der Waals surface area contributed by atoms with Crippen LogP contribution in [0.5, 0.6) is 17.2 Å². The van der Waals surface area contributed by atoms with Gasteiger partial charge in [0.15, 0.2) is 0 Å². The molecule has 2 aromatic carbocycles. The number of methoxy groups -OCH3 is 2. The Hall–Kier alpha value is -2.93. The van der Waals surface area contributed by atoms with Crippen molar-refractivity contribution < 1.29 is 23.7 Å². The molecule has 1 unspecified atom stereocenters. The minimum absolute atomic E-state index is 0.0306. The molecule has 4 heterocycles. The molecule has 2 bridgehead atoms. The number of nitrogens with one attached hydrogen (secondary N) is 1. The molecule has 1 amide bonds. The second kappa shape index (κ2) is 9.02. The monoisotopic (exact) mass is 466 g/mol. The van der Waals surface area contributed by atoms with Gasteiger partial charge in [-0.05, 0) is 61.7 Å². The smallest absolute Gasteiger partial charge is 0.407 e. The number of hydrogen-bond donors (Lipinski definition) is 1. The summed E-state index contributed by atoms with van der Waals surface area (Å²) in [5, 5.41) is 3.17.